The van der Waals surface area contributed by atoms with E-state index in [1.165, 1.54) is 89.9 Å². The summed E-state index contributed by atoms with van der Waals surface area (Å²) in [6.07, 6.45) is 21.7. The van der Waals surface area contributed by atoms with Gasteiger partial charge < -0.3 is 23.9 Å². The average Bonchev–Trinajstić information content (AvgIpc) is 3.00. The van der Waals surface area contributed by atoms with Crippen LogP contribution in [0.5, 0.6) is 0 Å². The molecule has 0 aromatic heterocycles. The third-order valence-electron chi connectivity index (χ3n) is 7.63. The van der Waals surface area contributed by atoms with Gasteiger partial charge in [0.05, 0.1) is 18.4 Å². The van der Waals surface area contributed by atoms with Crippen LogP contribution in [0, 0.1) is 5.41 Å². The minimum absolute atomic E-state index is 0. The molecule has 0 radical (unpaired) electrons. The predicted octanol–water partition coefficient (Wildman–Crippen LogP) is 2.35. The van der Waals surface area contributed by atoms with Crippen LogP contribution in [0.2, 0.25) is 0 Å². The molecule has 0 amide bonds. The standard InChI is InChI=1S/C30H54O10S.K/c1-2-3-4-5-6-7-8-9-10-11-12-13-14-15-16-17-18-19-20-27(32)38-23-30(22-31)24-39-28(33)21-26(41(35,36)37)29(34)40-25-30;/h26,31H,2-25H2,1H3,(H,35,36,37);/q;+1/p-1. The van der Waals surface area contributed by atoms with Crippen molar-refractivity contribution < 1.29 is 98.1 Å². The van der Waals surface area contributed by atoms with Crippen molar-refractivity contribution in [3.05, 3.63) is 0 Å². The number of aliphatic hydroxyl groups is 1. The molecule has 1 saturated heterocycles. The minimum Gasteiger partial charge on any atom is -0.747 e. The molecule has 2 atom stereocenters. The van der Waals surface area contributed by atoms with Gasteiger partial charge in [0.2, 0.25) is 0 Å². The average molecular weight is 645 g/mol. The fraction of sp³-hybridized carbons (Fsp3) is 0.900. The fourth-order valence-corrected chi connectivity index (χ4v) is 5.45. The van der Waals surface area contributed by atoms with Crippen molar-refractivity contribution >= 4 is 28.0 Å². The Hall–Kier alpha value is -0.0836. The van der Waals surface area contributed by atoms with Gasteiger partial charge in [-0.2, -0.15) is 0 Å². The zero-order valence-electron chi connectivity index (χ0n) is 26.1. The number of aliphatic hydroxyl groups excluding tert-OH is 1. The van der Waals surface area contributed by atoms with Gasteiger partial charge in [0.1, 0.15) is 29.9 Å². The number of unbranched alkanes of at least 4 members (excludes halogenated alkanes) is 17. The Kier molecular flexibility index (Phi) is 25.1. The van der Waals surface area contributed by atoms with Gasteiger partial charge in [0.15, 0.2) is 5.25 Å². The summed E-state index contributed by atoms with van der Waals surface area (Å²) in [5.74, 6) is -3.00. The molecule has 0 spiro atoms. The molecule has 2 unspecified atom stereocenters. The van der Waals surface area contributed by atoms with Crippen LogP contribution in [0.4, 0.5) is 0 Å². The van der Waals surface area contributed by atoms with E-state index in [9.17, 15) is 32.5 Å². The number of ether oxygens (including phenoxy) is 3. The Morgan fingerprint density at radius 1 is 0.833 bits per heavy atom. The van der Waals surface area contributed by atoms with E-state index in [0.717, 1.165) is 19.3 Å². The van der Waals surface area contributed by atoms with Gasteiger partial charge in [-0.15, -0.1) is 0 Å². The Balaban J connectivity index is 0.0000168. The molecule has 1 heterocycles. The maximum Gasteiger partial charge on any atom is 1.00 e. The van der Waals surface area contributed by atoms with Gasteiger partial charge in [-0.05, 0) is 6.42 Å². The topological polar surface area (TPSA) is 156 Å². The van der Waals surface area contributed by atoms with Crippen LogP contribution in [0.1, 0.15) is 135 Å². The van der Waals surface area contributed by atoms with Crippen molar-refractivity contribution in [1.82, 2.24) is 0 Å². The van der Waals surface area contributed by atoms with Gasteiger partial charge in [0, 0.05) is 6.42 Å². The summed E-state index contributed by atoms with van der Waals surface area (Å²) in [5, 5.41) is 7.62. The van der Waals surface area contributed by atoms with E-state index < -0.39 is 71.5 Å². The van der Waals surface area contributed by atoms with Crippen LogP contribution < -0.4 is 51.4 Å². The first-order valence-corrected chi connectivity index (χ1v) is 17.1. The molecule has 1 aliphatic rings. The normalized spacial score (nSPS) is 19.5. The molecular formula is C30H53KO10S. The molecule has 42 heavy (non-hydrogen) atoms. The number of hydrogen-bond acceptors (Lipinski definition) is 10. The Morgan fingerprint density at radius 2 is 1.26 bits per heavy atom. The maximum atomic E-state index is 12.2. The van der Waals surface area contributed by atoms with E-state index in [1.54, 1.807) is 0 Å². The monoisotopic (exact) mass is 644 g/mol. The van der Waals surface area contributed by atoms with Gasteiger partial charge in [0.25, 0.3) is 0 Å². The summed E-state index contributed by atoms with van der Waals surface area (Å²) in [5.41, 5.74) is -1.45. The molecule has 0 aromatic rings. The number of carbonyl (C=O) groups excluding carboxylic acids is 3. The fourth-order valence-electron chi connectivity index (χ4n) is 4.80. The summed E-state index contributed by atoms with van der Waals surface area (Å²) in [6, 6.07) is 0. The molecule has 1 N–H and O–H groups in total. The van der Waals surface area contributed by atoms with E-state index in [1.807, 2.05) is 0 Å². The molecule has 12 heteroatoms. The van der Waals surface area contributed by atoms with Gasteiger partial charge in [-0.1, -0.05) is 116 Å². The Bertz CT molecular complexity index is 851. The number of cyclic esters (lactones) is 2. The van der Waals surface area contributed by atoms with Crippen molar-refractivity contribution in [2.24, 2.45) is 5.41 Å². The van der Waals surface area contributed by atoms with E-state index in [2.05, 4.69) is 6.92 Å². The third-order valence-corrected chi connectivity index (χ3v) is 8.69. The number of hydrogen-bond donors (Lipinski definition) is 1. The number of rotatable bonds is 23. The summed E-state index contributed by atoms with van der Waals surface area (Å²) in [4.78, 5) is 36.2. The molecule has 0 saturated carbocycles. The second-order valence-corrected chi connectivity index (χ2v) is 13.1. The third kappa shape index (κ3) is 20.0. The minimum atomic E-state index is -5.14. The quantitative estimate of drug-likeness (QED) is 0.0576. The van der Waals surface area contributed by atoms with Crippen molar-refractivity contribution in [1.29, 1.82) is 0 Å². The van der Waals surface area contributed by atoms with Gasteiger partial charge >= 0.3 is 69.3 Å². The first-order valence-electron chi connectivity index (χ1n) is 15.7. The molecule has 1 aliphatic heterocycles. The van der Waals surface area contributed by atoms with E-state index >= 15 is 0 Å². The molecule has 1 fully saturated rings. The summed E-state index contributed by atoms with van der Waals surface area (Å²) in [7, 11) is -5.14. The second kappa shape index (κ2) is 25.1. The predicted molar refractivity (Wildman–Crippen MR) is 154 cm³/mol. The van der Waals surface area contributed by atoms with Crippen LogP contribution in [-0.4, -0.2) is 67.7 Å². The Morgan fingerprint density at radius 3 is 1.69 bits per heavy atom. The molecule has 0 bridgehead atoms. The first-order chi connectivity index (χ1) is 19.6. The van der Waals surface area contributed by atoms with Crippen LogP contribution in [0.25, 0.3) is 0 Å². The molecular weight excluding hydrogens is 591 g/mol. The Labute approximate surface area is 295 Å². The van der Waals surface area contributed by atoms with Crippen LogP contribution in [0.3, 0.4) is 0 Å². The zero-order valence-corrected chi connectivity index (χ0v) is 30.0. The zero-order chi connectivity index (χ0) is 30.4. The van der Waals surface area contributed by atoms with E-state index in [-0.39, 0.29) is 57.8 Å². The molecule has 10 nitrogen and oxygen atoms in total. The van der Waals surface area contributed by atoms with Crippen molar-refractivity contribution in [3.8, 4) is 0 Å². The summed E-state index contributed by atoms with van der Waals surface area (Å²) >= 11 is 0. The largest absolute Gasteiger partial charge is 1.00 e. The molecule has 0 aliphatic carbocycles. The summed E-state index contributed by atoms with van der Waals surface area (Å²) in [6.45, 7) is 0.164. The molecule has 0 aromatic carbocycles. The van der Waals surface area contributed by atoms with E-state index in [4.69, 9.17) is 14.2 Å². The number of esters is 3. The SMILES string of the molecule is CCCCCCCCCCCCCCCCCCCCC(=O)OCC1(CO)COC(=O)CC(S(=O)(=O)[O-])C(=O)OC1.[K+]. The first kappa shape index (κ1) is 41.9. The van der Waals surface area contributed by atoms with Crippen LogP contribution in [-0.2, 0) is 38.7 Å². The second-order valence-electron chi connectivity index (χ2n) is 11.5. The molecule has 1 rings (SSSR count). The van der Waals surface area contributed by atoms with Crippen molar-refractivity contribution in [3.63, 3.8) is 0 Å². The van der Waals surface area contributed by atoms with E-state index in [0.29, 0.717) is 6.42 Å². The van der Waals surface area contributed by atoms with Crippen molar-refractivity contribution in [2.75, 3.05) is 26.4 Å². The number of carbonyl (C=O) groups is 3. The van der Waals surface area contributed by atoms with Crippen LogP contribution >= 0.6 is 0 Å². The van der Waals surface area contributed by atoms with Crippen LogP contribution in [0.15, 0.2) is 0 Å². The van der Waals surface area contributed by atoms with Gasteiger partial charge in [-0.3, -0.25) is 14.4 Å². The summed E-state index contributed by atoms with van der Waals surface area (Å²) < 4.78 is 48.9. The molecule has 240 valence electrons. The van der Waals surface area contributed by atoms with Crippen molar-refractivity contribution in [2.45, 2.75) is 141 Å². The smallest absolute Gasteiger partial charge is 0.747 e. The maximum absolute atomic E-state index is 12.2. The van der Waals surface area contributed by atoms with Gasteiger partial charge in [-0.25, -0.2) is 8.42 Å².